The Morgan fingerprint density at radius 1 is 1.17 bits per heavy atom. The van der Waals surface area contributed by atoms with Gasteiger partial charge in [0.15, 0.2) is 0 Å². The molecule has 0 unspecified atom stereocenters. The molecule has 1 N–H and O–H groups in total. The zero-order valence-electron chi connectivity index (χ0n) is 14.5. The lowest BCUT2D eigenvalue weighted by atomic mass is 10.2. The molecule has 1 aromatic carbocycles. The summed E-state index contributed by atoms with van der Waals surface area (Å²) in [4.78, 5) is 13.9. The molecule has 0 aliphatic heterocycles. The molecule has 0 bridgehead atoms. The van der Waals surface area contributed by atoms with Crippen molar-refractivity contribution in [3.05, 3.63) is 24.3 Å². The molecule has 6 heteroatoms. The van der Waals surface area contributed by atoms with Crippen molar-refractivity contribution in [2.45, 2.75) is 27.7 Å². The maximum absolute atomic E-state index is 11.5. The molecular formula is C17H29ClN2O3. The standard InChI is InChI=1S/C17H28N2O3.ClH/c1-5-19(6-2)11-12-21-16-9-7-15(8-10-16)18-17(20)22-13-14(3)4;/h7-10,14H,5-6,11-13H2,1-4H3,(H,18,20);1H. The molecule has 132 valence electrons. The minimum absolute atomic E-state index is 0. The minimum atomic E-state index is -0.427. The summed E-state index contributed by atoms with van der Waals surface area (Å²) < 4.78 is 10.8. The molecule has 0 atom stereocenters. The number of carbonyl (C=O) groups excluding carboxylic acids is 1. The smallest absolute Gasteiger partial charge is 0.411 e. The molecule has 0 radical (unpaired) electrons. The molecule has 0 aliphatic carbocycles. The summed E-state index contributed by atoms with van der Waals surface area (Å²) in [5.74, 6) is 1.13. The third kappa shape index (κ3) is 9.31. The van der Waals surface area contributed by atoms with E-state index in [0.29, 0.717) is 24.8 Å². The van der Waals surface area contributed by atoms with Gasteiger partial charge in [-0.3, -0.25) is 5.32 Å². The fourth-order valence-electron chi connectivity index (χ4n) is 1.86. The number of rotatable bonds is 9. The van der Waals surface area contributed by atoms with Crippen LogP contribution >= 0.6 is 12.4 Å². The van der Waals surface area contributed by atoms with Crippen LogP contribution in [-0.4, -0.2) is 43.8 Å². The van der Waals surface area contributed by atoms with Crippen molar-refractivity contribution >= 4 is 24.2 Å². The van der Waals surface area contributed by atoms with Crippen LogP contribution in [0.25, 0.3) is 0 Å². The number of carbonyl (C=O) groups is 1. The van der Waals surface area contributed by atoms with Gasteiger partial charge in [-0.1, -0.05) is 27.7 Å². The van der Waals surface area contributed by atoms with E-state index in [1.807, 2.05) is 38.1 Å². The highest BCUT2D eigenvalue weighted by Crippen LogP contribution is 2.16. The highest BCUT2D eigenvalue weighted by atomic mass is 35.5. The SMILES string of the molecule is CCN(CC)CCOc1ccc(NC(=O)OCC(C)C)cc1.Cl. The molecule has 5 nitrogen and oxygen atoms in total. The second kappa shape index (κ2) is 12.0. The summed E-state index contributed by atoms with van der Waals surface area (Å²) in [7, 11) is 0. The molecule has 1 rings (SSSR count). The normalized spacial score (nSPS) is 10.3. The lowest BCUT2D eigenvalue weighted by Crippen LogP contribution is -2.27. The van der Waals surface area contributed by atoms with Crippen LogP contribution in [-0.2, 0) is 4.74 Å². The summed E-state index contributed by atoms with van der Waals surface area (Å²) in [6.07, 6.45) is -0.427. The Hall–Kier alpha value is -1.46. The number of benzene rings is 1. The number of likely N-dealkylation sites (N-methyl/N-ethyl adjacent to an activating group) is 1. The van der Waals surface area contributed by atoms with Crippen LogP contribution in [0.1, 0.15) is 27.7 Å². The van der Waals surface area contributed by atoms with Gasteiger partial charge in [0.2, 0.25) is 0 Å². The Morgan fingerprint density at radius 2 is 1.78 bits per heavy atom. The predicted molar refractivity (Wildman–Crippen MR) is 96.8 cm³/mol. The van der Waals surface area contributed by atoms with Gasteiger partial charge < -0.3 is 14.4 Å². The van der Waals surface area contributed by atoms with Crippen molar-refractivity contribution < 1.29 is 14.3 Å². The Bertz CT molecular complexity index is 434. The minimum Gasteiger partial charge on any atom is -0.492 e. The third-order valence-electron chi connectivity index (χ3n) is 3.22. The molecule has 1 amide bonds. The van der Waals surface area contributed by atoms with E-state index in [9.17, 15) is 4.79 Å². The number of anilines is 1. The van der Waals surface area contributed by atoms with Gasteiger partial charge in [0.05, 0.1) is 6.61 Å². The first kappa shape index (κ1) is 21.5. The predicted octanol–water partition coefficient (Wildman–Crippen LogP) is 4.03. The average Bonchev–Trinajstić information content (AvgIpc) is 2.51. The zero-order chi connectivity index (χ0) is 16.4. The van der Waals surface area contributed by atoms with E-state index in [2.05, 4.69) is 24.1 Å². The van der Waals surface area contributed by atoms with Crippen molar-refractivity contribution in [3.63, 3.8) is 0 Å². The number of hydrogen-bond acceptors (Lipinski definition) is 4. The largest absolute Gasteiger partial charge is 0.492 e. The van der Waals surface area contributed by atoms with Gasteiger partial charge in [0, 0.05) is 12.2 Å². The highest BCUT2D eigenvalue weighted by Gasteiger charge is 2.05. The van der Waals surface area contributed by atoms with Crippen LogP contribution in [0.3, 0.4) is 0 Å². The first-order chi connectivity index (χ1) is 10.5. The van der Waals surface area contributed by atoms with Gasteiger partial charge in [0.25, 0.3) is 0 Å². The van der Waals surface area contributed by atoms with Crippen LogP contribution in [0.4, 0.5) is 10.5 Å². The average molecular weight is 345 g/mol. The molecule has 0 heterocycles. The molecule has 0 saturated heterocycles. The number of nitrogens with zero attached hydrogens (tertiary/aromatic N) is 1. The van der Waals surface area contributed by atoms with Gasteiger partial charge >= 0.3 is 6.09 Å². The molecule has 23 heavy (non-hydrogen) atoms. The van der Waals surface area contributed by atoms with Crippen LogP contribution in [0.5, 0.6) is 5.75 Å². The second-order valence-corrected chi connectivity index (χ2v) is 5.52. The number of ether oxygens (including phenoxy) is 2. The Morgan fingerprint density at radius 3 is 2.30 bits per heavy atom. The summed E-state index contributed by atoms with van der Waals surface area (Å²) in [5.41, 5.74) is 0.699. The fraction of sp³-hybridized carbons (Fsp3) is 0.588. The van der Waals surface area contributed by atoms with Crippen molar-refractivity contribution in [2.24, 2.45) is 5.92 Å². The van der Waals surface area contributed by atoms with Gasteiger partial charge in [0.1, 0.15) is 12.4 Å². The number of halogens is 1. The van der Waals surface area contributed by atoms with Crippen LogP contribution in [0.15, 0.2) is 24.3 Å². The first-order valence-corrected chi connectivity index (χ1v) is 7.94. The van der Waals surface area contributed by atoms with Crippen LogP contribution in [0.2, 0.25) is 0 Å². The van der Waals surface area contributed by atoms with E-state index in [1.54, 1.807) is 0 Å². The van der Waals surface area contributed by atoms with Crippen LogP contribution < -0.4 is 10.1 Å². The fourth-order valence-corrected chi connectivity index (χ4v) is 1.86. The second-order valence-electron chi connectivity index (χ2n) is 5.52. The van der Waals surface area contributed by atoms with Gasteiger partial charge in [-0.05, 0) is 43.3 Å². The van der Waals surface area contributed by atoms with E-state index in [4.69, 9.17) is 9.47 Å². The summed E-state index contributed by atoms with van der Waals surface area (Å²) in [5, 5.41) is 2.69. The summed E-state index contributed by atoms with van der Waals surface area (Å²) >= 11 is 0. The molecular weight excluding hydrogens is 316 g/mol. The van der Waals surface area contributed by atoms with Gasteiger partial charge in [-0.2, -0.15) is 0 Å². The number of amides is 1. The van der Waals surface area contributed by atoms with Gasteiger partial charge in [-0.15, -0.1) is 12.4 Å². The molecule has 0 aliphatic rings. The van der Waals surface area contributed by atoms with Crippen molar-refractivity contribution in [1.82, 2.24) is 4.90 Å². The quantitative estimate of drug-likeness (QED) is 0.734. The molecule has 0 saturated carbocycles. The maximum atomic E-state index is 11.5. The lowest BCUT2D eigenvalue weighted by molar-refractivity contribution is 0.147. The topological polar surface area (TPSA) is 50.8 Å². The number of hydrogen-bond donors (Lipinski definition) is 1. The molecule has 1 aromatic rings. The Balaban J connectivity index is 0.00000484. The zero-order valence-corrected chi connectivity index (χ0v) is 15.3. The highest BCUT2D eigenvalue weighted by molar-refractivity contribution is 5.85. The molecule has 0 fully saturated rings. The van der Waals surface area contributed by atoms with E-state index >= 15 is 0 Å². The van der Waals surface area contributed by atoms with E-state index in [0.717, 1.165) is 25.4 Å². The third-order valence-corrected chi connectivity index (χ3v) is 3.22. The lowest BCUT2D eigenvalue weighted by Gasteiger charge is -2.18. The van der Waals surface area contributed by atoms with Crippen molar-refractivity contribution in [2.75, 3.05) is 38.2 Å². The van der Waals surface area contributed by atoms with Crippen LogP contribution in [0, 0.1) is 5.92 Å². The monoisotopic (exact) mass is 344 g/mol. The van der Waals surface area contributed by atoms with E-state index < -0.39 is 6.09 Å². The van der Waals surface area contributed by atoms with E-state index in [1.165, 1.54) is 0 Å². The van der Waals surface area contributed by atoms with Crippen molar-refractivity contribution in [1.29, 1.82) is 0 Å². The Labute approximate surface area is 145 Å². The summed E-state index contributed by atoms with van der Waals surface area (Å²) in [6.45, 7) is 12.3. The maximum Gasteiger partial charge on any atom is 0.411 e. The molecule has 0 spiro atoms. The number of nitrogens with one attached hydrogen (secondary N) is 1. The Kier molecular flexibility index (Phi) is 11.3. The summed E-state index contributed by atoms with van der Waals surface area (Å²) in [6, 6.07) is 7.31. The molecule has 0 aromatic heterocycles. The first-order valence-electron chi connectivity index (χ1n) is 7.94. The van der Waals surface area contributed by atoms with E-state index in [-0.39, 0.29) is 12.4 Å². The van der Waals surface area contributed by atoms with Crippen molar-refractivity contribution in [3.8, 4) is 5.75 Å². The van der Waals surface area contributed by atoms with Gasteiger partial charge in [-0.25, -0.2) is 4.79 Å².